The van der Waals surface area contributed by atoms with Crippen molar-refractivity contribution in [3.05, 3.63) is 51.0 Å². The molecule has 1 amide bonds. The summed E-state index contributed by atoms with van der Waals surface area (Å²) in [5, 5.41) is 8.22. The number of nitrogens with zero attached hydrogens (tertiary/aromatic N) is 3. The number of alkyl halides is 2. The molecule has 5 nitrogen and oxygen atoms in total. The summed E-state index contributed by atoms with van der Waals surface area (Å²) in [4.78, 5) is 16.4. The average molecular weight is 413 g/mol. The van der Waals surface area contributed by atoms with Crippen LogP contribution in [0.25, 0.3) is 11.3 Å². The second kappa shape index (κ2) is 6.78. The molecule has 0 radical (unpaired) electrons. The smallest absolute Gasteiger partial charge is 0.284 e. The Hall–Kier alpha value is -2.13. The van der Waals surface area contributed by atoms with E-state index in [4.69, 9.17) is 0 Å². The molecule has 1 aromatic carbocycles. The van der Waals surface area contributed by atoms with E-state index in [1.165, 1.54) is 10.9 Å². The van der Waals surface area contributed by atoms with Crippen LogP contribution in [-0.2, 0) is 7.05 Å². The normalized spacial score (nSPS) is 11.0. The number of halogens is 3. The van der Waals surface area contributed by atoms with Crippen LogP contribution in [0.2, 0.25) is 0 Å². The molecule has 1 N–H and O–H groups in total. The van der Waals surface area contributed by atoms with E-state index in [9.17, 15) is 13.6 Å². The number of hydrogen-bond donors (Lipinski definition) is 1. The van der Waals surface area contributed by atoms with Crippen LogP contribution in [0.3, 0.4) is 0 Å². The molecule has 2 aromatic heterocycles. The Labute approximate surface area is 148 Å². The zero-order valence-corrected chi connectivity index (χ0v) is 14.7. The first kappa shape index (κ1) is 16.7. The molecular formula is C15H11BrF2N4OS. The van der Waals surface area contributed by atoms with Gasteiger partial charge < -0.3 is 5.32 Å². The number of thiazole rings is 1. The predicted octanol–water partition coefficient (Wildman–Crippen LogP) is 4.50. The van der Waals surface area contributed by atoms with Crippen LogP contribution in [0.1, 0.15) is 21.9 Å². The number of anilines is 1. The Morgan fingerprint density at radius 3 is 2.92 bits per heavy atom. The fourth-order valence-electron chi connectivity index (χ4n) is 2.12. The number of hydrogen-bond acceptors (Lipinski definition) is 4. The van der Waals surface area contributed by atoms with Gasteiger partial charge in [0.1, 0.15) is 5.69 Å². The van der Waals surface area contributed by atoms with Gasteiger partial charge in [0.15, 0.2) is 5.01 Å². The fraction of sp³-hybridized carbons (Fsp3) is 0.133. The summed E-state index contributed by atoms with van der Waals surface area (Å²) in [6.45, 7) is 0. The summed E-state index contributed by atoms with van der Waals surface area (Å²) in [7, 11) is 1.56. The molecule has 3 rings (SSSR count). The maximum absolute atomic E-state index is 13.0. The fourth-order valence-corrected chi connectivity index (χ4v) is 3.23. The number of carbonyl (C=O) groups is 1. The number of rotatable bonds is 4. The molecule has 0 unspecified atom stereocenters. The highest BCUT2D eigenvalue weighted by molar-refractivity contribution is 9.10. The summed E-state index contributed by atoms with van der Waals surface area (Å²) >= 11 is 4.41. The molecule has 3 aromatic rings. The lowest BCUT2D eigenvalue weighted by atomic mass is 10.2. The minimum atomic E-state index is -2.71. The number of nitrogens with one attached hydrogen (secondary N) is 1. The molecule has 2 heterocycles. The summed E-state index contributed by atoms with van der Waals surface area (Å²) in [5.74, 6) is -0.396. The van der Waals surface area contributed by atoms with Crippen molar-refractivity contribution in [2.75, 3.05) is 5.32 Å². The topological polar surface area (TPSA) is 59.8 Å². The average Bonchev–Trinajstić information content (AvgIpc) is 3.13. The first-order valence-corrected chi connectivity index (χ1v) is 8.46. The van der Waals surface area contributed by atoms with Gasteiger partial charge in [0, 0.05) is 34.3 Å². The minimum Gasteiger partial charge on any atom is -0.320 e. The van der Waals surface area contributed by atoms with E-state index in [-0.39, 0.29) is 16.3 Å². The first-order valence-electron chi connectivity index (χ1n) is 6.78. The standard InChI is InChI=1S/C15H11BrF2N4OS/c1-22-6-10(12(21-22)13(17)18)11-7-24-15(20-11)14(23)19-9-4-2-3-8(16)5-9/h2-7,13H,1H3,(H,19,23). The van der Waals surface area contributed by atoms with Crippen molar-refractivity contribution < 1.29 is 13.6 Å². The zero-order valence-electron chi connectivity index (χ0n) is 12.3. The second-order valence-electron chi connectivity index (χ2n) is 4.90. The van der Waals surface area contributed by atoms with Crippen LogP contribution in [0.5, 0.6) is 0 Å². The Morgan fingerprint density at radius 2 is 2.21 bits per heavy atom. The lowest BCUT2D eigenvalue weighted by Crippen LogP contribution is -2.11. The minimum absolute atomic E-state index is 0.189. The van der Waals surface area contributed by atoms with E-state index >= 15 is 0 Å². The largest absolute Gasteiger partial charge is 0.320 e. The van der Waals surface area contributed by atoms with E-state index in [2.05, 4.69) is 31.3 Å². The molecule has 0 fully saturated rings. The quantitative estimate of drug-likeness (QED) is 0.686. The highest BCUT2D eigenvalue weighted by atomic mass is 79.9. The van der Waals surface area contributed by atoms with E-state index in [1.807, 2.05) is 6.07 Å². The van der Waals surface area contributed by atoms with E-state index in [0.717, 1.165) is 15.8 Å². The van der Waals surface area contributed by atoms with Gasteiger partial charge in [0.25, 0.3) is 12.3 Å². The molecule has 0 saturated carbocycles. The van der Waals surface area contributed by atoms with Crippen molar-refractivity contribution in [1.82, 2.24) is 14.8 Å². The van der Waals surface area contributed by atoms with Crippen LogP contribution in [-0.4, -0.2) is 20.7 Å². The maximum atomic E-state index is 13.0. The third-order valence-corrected chi connectivity index (χ3v) is 4.46. The summed E-state index contributed by atoms with van der Waals surface area (Å²) in [5.41, 5.74) is 0.801. The van der Waals surface area contributed by atoms with E-state index in [0.29, 0.717) is 11.4 Å². The third kappa shape index (κ3) is 3.51. The summed E-state index contributed by atoms with van der Waals surface area (Å²) in [6.07, 6.45) is -1.24. The van der Waals surface area contributed by atoms with Crippen LogP contribution in [0.4, 0.5) is 14.5 Å². The maximum Gasteiger partial charge on any atom is 0.284 e. The van der Waals surface area contributed by atoms with Gasteiger partial charge in [-0.2, -0.15) is 5.10 Å². The third-order valence-electron chi connectivity index (χ3n) is 3.12. The number of aromatic nitrogens is 3. The highest BCUT2D eigenvalue weighted by Gasteiger charge is 2.21. The van der Waals surface area contributed by atoms with Gasteiger partial charge in [-0.15, -0.1) is 11.3 Å². The number of aryl methyl sites for hydroxylation is 1. The molecule has 124 valence electrons. The Balaban J connectivity index is 1.84. The molecule has 0 aliphatic rings. The molecule has 0 bridgehead atoms. The SMILES string of the molecule is Cn1cc(-c2csc(C(=O)Nc3cccc(Br)c3)n2)c(C(F)F)n1. The van der Waals surface area contributed by atoms with Gasteiger partial charge >= 0.3 is 0 Å². The number of amides is 1. The van der Waals surface area contributed by atoms with Crippen molar-refractivity contribution in [1.29, 1.82) is 0 Å². The Kier molecular flexibility index (Phi) is 4.72. The molecule has 0 spiro atoms. The first-order chi connectivity index (χ1) is 11.4. The van der Waals surface area contributed by atoms with Crippen molar-refractivity contribution in [3.63, 3.8) is 0 Å². The lowest BCUT2D eigenvalue weighted by molar-refractivity contribution is 0.102. The molecule has 0 atom stereocenters. The second-order valence-corrected chi connectivity index (χ2v) is 6.68. The van der Waals surface area contributed by atoms with Crippen molar-refractivity contribution in [2.45, 2.75) is 6.43 Å². The molecular weight excluding hydrogens is 402 g/mol. The Bertz CT molecular complexity index is 893. The summed E-state index contributed by atoms with van der Waals surface area (Å²) in [6, 6.07) is 7.12. The number of carbonyl (C=O) groups excluding carboxylic acids is 1. The van der Waals surface area contributed by atoms with Gasteiger partial charge in [-0.05, 0) is 18.2 Å². The van der Waals surface area contributed by atoms with Crippen molar-refractivity contribution in [2.24, 2.45) is 7.05 Å². The predicted molar refractivity (Wildman–Crippen MR) is 91.4 cm³/mol. The molecule has 9 heteroatoms. The zero-order chi connectivity index (χ0) is 17.3. The van der Waals surface area contributed by atoms with Gasteiger partial charge in [0.05, 0.1) is 5.69 Å². The van der Waals surface area contributed by atoms with Gasteiger partial charge in [-0.25, -0.2) is 13.8 Å². The monoisotopic (exact) mass is 412 g/mol. The van der Waals surface area contributed by atoms with Gasteiger partial charge in [-0.3, -0.25) is 9.48 Å². The number of benzene rings is 1. The van der Waals surface area contributed by atoms with Crippen LogP contribution < -0.4 is 5.32 Å². The summed E-state index contributed by atoms with van der Waals surface area (Å²) < 4.78 is 28.2. The molecule has 0 aliphatic heterocycles. The molecule has 24 heavy (non-hydrogen) atoms. The Morgan fingerprint density at radius 1 is 1.42 bits per heavy atom. The lowest BCUT2D eigenvalue weighted by Gasteiger charge is -2.03. The van der Waals surface area contributed by atoms with E-state index < -0.39 is 12.3 Å². The van der Waals surface area contributed by atoms with Crippen molar-refractivity contribution >= 4 is 38.9 Å². The van der Waals surface area contributed by atoms with Gasteiger partial charge in [-0.1, -0.05) is 22.0 Å². The molecule has 0 aliphatic carbocycles. The van der Waals surface area contributed by atoms with Crippen LogP contribution >= 0.6 is 27.3 Å². The van der Waals surface area contributed by atoms with Crippen molar-refractivity contribution in [3.8, 4) is 11.3 Å². The van der Waals surface area contributed by atoms with E-state index in [1.54, 1.807) is 30.6 Å². The molecule has 0 saturated heterocycles. The van der Waals surface area contributed by atoms with Gasteiger partial charge in [0.2, 0.25) is 0 Å². The van der Waals surface area contributed by atoms with Crippen LogP contribution in [0, 0.1) is 0 Å². The highest BCUT2D eigenvalue weighted by Crippen LogP contribution is 2.30. The van der Waals surface area contributed by atoms with Crippen LogP contribution in [0.15, 0.2) is 40.3 Å².